The van der Waals surface area contributed by atoms with Crippen molar-refractivity contribution in [1.29, 1.82) is 0 Å². The number of rotatable bonds is 5. The number of nitrogens with one attached hydrogen (secondary N) is 1. The van der Waals surface area contributed by atoms with Gasteiger partial charge in [-0.2, -0.15) is 13.2 Å². The average Bonchev–Trinajstić information content (AvgIpc) is 3.36. The maximum atomic E-state index is 13.4. The van der Waals surface area contributed by atoms with E-state index in [1.54, 1.807) is 37.4 Å². The topological polar surface area (TPSA) is 111 Å². The first-order valence-electron chi connectivity index (χ1n) is 11.5. The molecule has 1 aromatic carbocycles. The molecule has 1 saturated carbocycles. The second-order valence-corrected chi connectivity index (χ2v) is 9.15. The molecule has 37 heavy (non-hydrogen) atoms. The molecule has 1 N–H and O–H groups in total. The molecule has 1 aliphatic carbocycles. The highest BCUT2D eigenvalue weighted by Gasteiger charge is 2.69. The van der Waals surface area contributed by atoms with Crippen LogP contribution in [-0.2, 0) is 16.2 Å². The number of nitrogens with zero attached hydrogens (tertiary/aromatic N) is 5. The molecule has 0 bridgehead atoms. The van der Waals surface area contributed by atoms with E-state index < -0.39 is 23.7 Å². The van der Waals surface area contributed by atoms with Gasteiger partial charge in [-0.25, -0.2) is 14.8 Å². The van der Waals surface area contributed by atoms with Gasteiger partial charge in [0.2, 0.25) is 11.8 Å². The Morgan fingerprint density at radius 2 is 2.03 bits per heavy atom. The number of carbonyl (C=O) groups excluding carboxylic acids is 2. The van der Waals surface area contributed by atoms with E-state index in [0.29, 0.717) is 34.8 Å². The Hall–Kier alpha value is -4.16. The van der Waals surface area contributed by atoms with Crippen LogP contribution in [0.25, 0.3) is 10.9 Å². The van der Waals surface area contributed by atoms with Gasteiger partial charge >= 0.3 is 12.2 Å². The van der Waals surface area contributed by atoms with Gasteiger partial charge in [-0.3, -0.25) is 14.7 Å². The Morgan fingerprint density at radius 3 is 2.73 bits per heavy atom. The summed E-state index contributed by atoms with van der Waals surface area (Å²) in [5.74, 6) is 0.718. The van der Waals surface area contributed by atoms with Gasteiger partial charge in [-0.05, 0) is 37.1 Å². The Bertz CT molecular complexity index is 1400. The van der Waals surface area contributed by atoms with Gasteiger partial charge in [0.05, 0.1) is 17.8 Å². The first kappa shape index (κ1) is 24.5. The summed E-state index contributed by atoms with van der Waals surface area (Å²) in [6.45, 7) is 1.77. The van der Waals surface area contributed by atoms with Crippen molar-refractivity contribution in [2.24, 2.45) is 10.6 Å². The zero-order valence-electron chi connectivity index (χ0n) is 20.0. The van der Waals surface area contributed by atoms with E-state index in [1.807, 2.05) is 0 Å². The molecule has 194 valence electrons. The van der Waals surface area contributed by atoms with Crippen LogP contribution in [0, 0.1) is 5.41 Å². The standard InChI is InChI=1S/C24H23F3N6O4/c1-14(34)32(2)12-16-10-21(29-13-28-16)36-17-3-4-18-15(9-17)5-8-33(18)22(35)30-20-11-19(37-31-20)23(6-7-23)24(25,26)27/h3-5,8-10,13,19H,6-7,11-12H2,1-2H3,(H,30,31,35). The Labute approximate surface area is 209 Å². The zero-order valence-corrected chi connectivity index (χ0v) is 20.0. The maximum Gasteiger partial charge on any atom is 0.398 e. The van der Waals surface area contributed by atoms with E-state index >= 15 is 0 Å². The summed E-state index contributed by atoms with van der Waals surface area (Å²) in [5, 5.41) is 6.91. The van der Waals surface area contributed by atoms with Crippen molar-refractivity contribution in [3.63, 3.8) is 0 Å². The molecule has 3 heterocycles. The van der Waals surface area contributed by atoms with Crippen molar-refractivity contribution in [3.05, 3.63) is 48.5 Å². The molecule has 3 aromatic rings. The van der Waals surface area contributed by atoms with Gasteiger partial charge in [-0.15, -0.1) is 0 Å². The second kappa shape index (κ2) is 9.05. The Kier molecular flexibility index (Phi) is 6.00. The van der Waals surface area contributed by atoms with Crippen LogP contribution in [0.15, 0.2) is 48.0 Å². The smallest absolute Gasteiger partial charge is 0.398 e. The van der Waals surface area contributed by atoms with Crippen LogP contribution in [0.4, 0.5) is 18.0 Å². The highest BCUT2D eigenvalue weighted by Crippen LogP contribution is 2.62. The second-order valence-electron chi connectivity index (χ2n) is 9.15. The lowest BCUT2D eigenvalue weighted by Gasteiger charge is -2.23. The lowest BCUT2D eigenvalue weighted by Crippen LogP contribution is -2.39. The number of fused-ring (bicyclic) bond motifs is 1. The summed E-state index contributed by atoms with van der Waals surface area (Å²) in [4.78, 5) is 39.1. The van der Waals surface area contributed by atoms with Crippen LogP contribution in [0.5, 0.6) is 11.6 Å². The van der Waals surface area contributed by atoms with Gasteiger partial charge in [0.15, 0.2) is 5.84 Å². The summed E-state index contributed by atoms with van der Waals surface area (Å²) in [5.41, 5.74) is -0.718. The number of amidine groups is 1. The first-order chi connectivity index (χ1) is 17.6. The van der Waals surface area contributed by atoms with Gasteiger partial charge in [0.1, 0.15) is 23.6 Å². The van der Waals surface area contributed by atoms with E-state index in [2.05, 4.69) is 20.4 Å². The Balaban J connectivity index is 1.24. The number of alkyl halides is 3. The number of aromatic nitrogens is 3. The van der Waals surface area contributed by atoms with E-state index in [1.165, 1.54) is 28.9 Å². The third-order valence-corrected chi connectivity index (χ3v) is 6.63. The highest BCUT2D eigenvalue weighted by atomic mass is 19.4. The molecule has 0 spiro atoms. The summed E-state index contributed by atoms with van der Waals surface area (Å²) >= 11 is 0. The summed E-state index contributed by atoms with van der Waals surface area (Å²) in [6, 6.07) is 7.81. The molecule has 2 aromatic heterocycles. The van der Waals surface area contributed by atoms with Crippen molar-refractivity contribution in [2.45, 2.75) is 45.0 Å². The minimum absolute atomic E-state index is 0.00363. The number of carbonyl (C=O) groups is 2. The van der Waals surface area contributed by atoms with E-state index in [-0.39, 0.29) is 31.0 Å². The van der Waals surface area contributed by atoms with Crippen LogP contribution in [0.2, 0.25) is 0 Å². The first-order valence-corrected chi connectivity index (χ1v) is 11.5. The molecular formula is C24H23F3N6O4. The molecule has 2 aliphatic rings. The predicted octanol–water partition coefficient (Wildman–Crippen LogP) is 4.20. The van der Waals surface area contributed by atoms with E-state index in [0.717, 1.165) is 0 Å². The number of benzene rings is 1. The largest absolute Gasteiger partial charge is 0.439 e. The molecule has 0 radical (unpaired) electrons. The fourth-order valence-corrected chi connectivity index (χ4v) is 4.21. The van der Waals surface area contributed by atoms with Gasteiger partial charge in [0, 0.05) is 38.0 Å². The average molecular weight is 516 g/mol. The molecule has 1 aliphatic heterocycles. The number of ether oxygens (including phenoxy) is 1. The maximum absolute atomic E-state index is 13.4. The minimum atomic E-state index is -4.37. The summed E-state index contributed by atoms with van der Waals surface area (Å²) < 4.78 is 47.2. The number of oxime groups is 1. The molecule has 1 unspecified atom stereocenters. The normalized spacial score (nSPS) is 18.2. The zero-order chi connectivity index (χ0) is 26.4. The predicted molar refractivity (Wildman–Crippen MR) is 125 cm³/mol. The van der Waals surface area contributed by atoms with Crippen LogP contribution in [0.3, 0.4) is 0 Å². The lowest BCUT2D eigenvalue weighted by atomic mass is 9.96. The molecule has 2 amide bonds. The quantitative estimate of drug-likeness (QED) is 0.544. The molecule has 5 rings (SSSR count). The van der Waals surface area contributed by atoms with E-state index in [4.69, 9.17) is 9.57 Å². The fraction of sp³-hybridized carbons (Fsp3) is 0.375. The van der Waals surface area contributed by atoms with Crippen molar-refractivity contribution in [2.75, 3.05) is 7.05 Å². The Morgan fingerprint density at radius 1 is 1.24 bits per heavy atom. The van der Waals surface area contributed by atoms with Crippen molar-refractivity contribution in [1.82, 2.24) is 24.8 Å². The van der Waals surface area contributed by atoms with Crippen LogP contribution in [0.1, 0.15) is 31.9 Å². The number of hydrogen-bond donors (Lipinski definition) is 1. The molecule has 13 heteroatoms. The SMILES string of the molecule is CC(=O)N(C)Cc1cc(Oc2ccc3c(ccn3C(=O)NC3=NOC(C4(C(F)(F)F)CC4)C3)c2)ncn1. The number of hydrogen-bond acceptors (Lipinski definition) is 7. The van der Waals surface area contributed by atoms with Crippen molar-refractivity contribution < 1.29 is 32.3 Å². The van der Waals surface area contributed by atoms with Gasteiger partial charge in [0.25, 0.3) is 0 Å². The summed E-state index contributed by atoms with van der Waals surface area (Å²) in [6.07, 6.45) is -2.75. The third-order valence-electron chi connectivity index (χ3n) is 6.63. The molecule has 1 fully saturated rings. The van der Waals surface area contributed by atoms with Gasteiger partial charge in [-0.1, -0.05) is 5.16 Å². The monoisotopic (exact) mass is 516 g/mol. The number of halogens is 3. The van der Waals surface area contributed by atoms with Crippen molar-refractivity contribution >= 4 is 28.7 Å². The molecular weight excluding hydrogens is 493 g/mol. The van der Waals surface area contributed by atoms with Crippen LogP contribution >= 0.6 is 0 Å². The molecule has 1 atom stereocenters. The molecule has 0 saturated heterocycles. The van der Waals surface area contributed by atoms with E-state index in [9.17, 15) is 22.8 Å². The number of amides is 2. The van der Waals surface area contributed by atoms with Crippen LogP contribution in [-0.4, -0.2) is 56.5 Å². The molecule has 10 nitrogen and oxygen atoms in total. The fourth-order valence-electron chi connectivity index (χ4n) is 4.21. The summed E-state index contributed by atoms with van der Waals surface area (Å²) in [7, 11) is 1.66. The third kappa shape index (κ3) is 4.80. The minimum Gasteiger partial charge on any atom is -0.439 e. The lowest BCUT2D eigenvalue weighted by molar-refractivity contribution is -0.218. The van der Waals surface area contributed by atoms with Crippen LogP contribution < -0.4 is 10.1 Å². The van der Waals surface area contributed by atoms with Gasteiger partial charge < -0.3 is 14.5 Å². The van der Waals surface area contributed by atoms with Crippen molar-refractivity contribution in [3.8, 4) is 11.6 Å². The highest BCUT2D eigenvalue weighted by molar-refractivity contribution is 6.02.